The van der Waals surface area contributed by atoms with Gasteiger partial charge in [-0.3, -0.25) is 4.79 Å². The lowest BCUT2D eigenvalue weighted by Crippen LogP contribution is -2.33. The van der Waals surface area contributed by atoms with Gasteiger partial charge in [0.2, 0.25) is 0 Å². The highest BCUT2D eigenvalue weighted by Crippen LogP contribution is 2.29. The number of carbonyl (C=O) groups excluding carboxylic acids is 1. The molecule has 0 bridgehead atoms. The fourth-order valence-corrected chi connectivity index (χ4v) is 4.65. The van der Waals surface area contributed by atoms with E-state index in [9.17, 15) is 4.79 Å². The number of thioether (sulfide) groups is 2. The summed E-state index contributed by atoms with van der Waals surface area (Å²) < 4.78 is 0. The van der Waals surface area contributed by atoms with Crippen LogP contribution in [0.5, 0.6) is 0 Å². The number of nitrogens with one attached hydrogen (secondary N) is 1. The number of anilines is 1. The lowest BCUT2D eigenvalue weighted by atomic mass is 10.2. The second-order valence-electron chi connectivity index (χ2n) is 4.14. The van der Waals surface area contributed by atoms with Gasteiger partial charge in [0.25, 0.3) is 5.91 Å². The van der Waals surface area contributed by atoms with E-state index in [1.807, 2.05) is 23.5 Å². The molecule has 1 atom stereocenters. The number of hydrogen-bond acceptors (Lipinski definition) is 4. The van der Waals surface area contributed by atoms with E-state index in [4.69, 9.17) is 28.9 Å². The first-order chi connectivity index (χ1) is 9.08. The van der Waals surface area contributed by atoms with Crippen molar-refractivity contribution in [3.63, 3.8) is 0 Å². The molecular weight excluding hydrogens is 323 g/mol. The molecule has 3 N–H and O–H groups in total. The molecule has 0 aliphatic carbocycles. The lowest BCUT2D eigenvalue weighted by molar-refractivity contribution is 0.0954. The molecule has 1 aromatic rings. The summed E-state index contributed by atoms with van der Waals surface area (Å²) in [6.07, 6.45) is 0. The monoisotopic (exact) mass is 336 g/mol. The molecular formula is C12H14Cl2N2OS2. The van der Waals surface area contributed by atoms with Crippen LogP contribution in [-0.2, 0) is 0 Å². The molecule has 3 nitrogen and oxygen atoms in total. The lowest BCUT2D eigenvalue weighted by Gasteiger charge is -2.21. The quantitative estimate of drug-likeness (QED) is 0.832. The molecule has 2 rings (SSSR count). The van der Waals surface area contributed by atoms with Crippen molar-refractivity contribution in [3.05, 3.63) is 27.7 Å². The average molecular weight is 337 g/mol. The maximum atomic E-state index is 12.0. The van der Waals surface area contributed by atoms with Gasteiger partial charge in [0.05, 0.1) is 15.7 Å². The number of hydrogen-bond donors (Lipinski definition) is 2. The van der Waals surface area contributed by atoms with E-state index in [1.54, 1.807) is 12.1 Å². The van der Waals surface area contributed by atoms with Crippen LogP contribution in [0, 0.1) is 0 Å². The zero-order valence-electron chi connectivity index (χ0n) is 10.1. The Labute approximate surface area is 131 Å². The predicted octanol–water partition coefficient (Wildman–Crippen LogP) is 3.15. The highest BCUT2D eigenvalue weighted by Gasteiger charge is 2.16. The van der Waals surface area contributed by atoms with Gasteiger partial charge in [-0.05, 0) is 12.1 Å². The molecule has 1 amide bonds. The van der Waals surface area contributed by atoms with Crippen LogP contribution in [0.4, 0.5) is 5.69 Å². The Kier molecular flexibility index (Phi) is 5.57. The Hall–Kier alpha value is -0.230. The summed E-state index contributed by atoms with van der Waals surface area (Å²) in [5.74, 6) is 3.25. The van der Waals surface area contributed by atoms with Gasteiger partial charge in [-0.25, -0.2) is 0 Å². The molecule has 1 unspecified atom stereocenters. The van der Waals surface area contributed by atoms with Crippen LogP contribution < -0.4 is 11.1 Å². The summed E-state index contributed by atoms with van der Waals surface area (Å²) in [6, 6.07) is 3.09. The predicted molar refractivity (Wildman–Crippen MR) is 86.8 cm³/mol. The zero-order valence-corrected chi connectivity index (χ0v) is 13.3. The molecule has 0 saturated carbocycles. The Morgan fingerprint density at radius 1 is 1.42 bits per heavy atom. The first kappa shape index (κ1) is 15.2. The maximum absolute atomic E-state index is 12.0. The summed E-state index contributed by atoms with van der Waals surface area (Å²) >= 11 is 15.6. The van der Waals surface area contributed by atoms with Crippen molar-refractivity contribution in [1.29, 1.82) is 0 Å². The van der Waals surface area contributed by atoms with Crippen LogP contribution in [0.25, 0.3) is 0 Å². The number of carbonyl (C=O) groups is 1. The molecule has 1 saturated heterocycles. The fourth-order valence-electron chi connectivity index (χ4n) is 1.70. The molecule has 1 aliphatic heterocycles. The summed E-state index contributed by atoms with van der Waals surface area (Å²) in [5.41, 5.74) is 6.46. The van der Waals surface area contributed by atoms with Crippen molar-refractivity contribution in [2.75, 3.05) is 29.5 Å². The molecule has 19 heavy (non-hydrogen) atoms. The molecule has 1 fully saturated rings. The van der Waals surface area contributed by atoms with Crippen molar-refractivity contribution >= 4 is 58.3 Å². The van der Waals surface area contributed by atoms with Gasteiger partial charge in [-0.2, -0.15) is 23.5 Å². The maximum Gasteiger partial charge on any atom is 0.251 e. The molecule has 104 valence electrons. The normalized spacial score (nSPS) is 19.2. The molecule has 7 heteroatoms. The minimum Gasteiger partial charge on any atom is -0.397 e. The van der Waals surface area contributed by atoms with Gasteiger partial charge in [-0.1, -0.05) is 23.2 Å². The SMILES string of the molecule is Nc1cc(C(=O)NCC2CSCCS2)cc(Cl)c1Cl. The van der Waals surface area contributed by atoms with E-state index in [0.717, 1.165) is 11.5 Å². The fraction of sp³-hybridized carbons (Fsp3) is 0.417. The summed E-state index contributed by atoms with van der Waals surface area (Å²) in [6.45, 7) is 0.663. The van der Waals surface area contributed by atoms with Crippen LogP contribution in [0.3, 0.4) is 0 Å². The number of nitrogen functional groups attached to an aromatic ring is 1. The van der Waals surface area contributed by atoms with Gasteiger partial charge >= 0.3 is 0 Å². The minimum atomic E-state index is -0.165. The van der Waals surface area contributed by atoms with Crippen LogP contribution in [0.1, 0.15) is 10.4 Å². The van der Waals surface area contributed by atoms with Crippen molar-refractivity contribution in [2.24, 2.45) is 0 Å². The van der Waals surface area contributed by atoms with Crippen LogP contribution in [0.15, 0.2) is 12.1 Å². The molecule has 1 heterocycles. The topological polar surface area (TPSA) is 55.1 Å². The Morgan fingerprint density at radius 3 is 2.84 bits per heavy atom. The number of rotatable bonds is 3. The van der Waals surface area contributed by atoms with Gasteiger partial charge < -0.3 is 11.1 Å². The van der Waals surface area contributed by atoms with Gasteiger partial charge in [0.15, 0.2) is 0 Å². The third-order valence-electron chi connectivity index (χ3n) is 2.69. The van der Waals surface area contributed by atoms with Crippen LogP contribution in [-0.4, -0.2) is 35.0 Å². The van der Waals surface area contributed by atoms with Crippen LogP contribution in [0.2, 0.25) is 10.0 Å². The van der Waals surface area contributed by atoms with Crippen LogP contribution >= 0.6 is 46.7 Å². The van der Waals surface area contributed by atoms with E-state index < -0.39 is 0 Å². The smallest absolute Gasteiger partial charge is 0.251 e. The third-order valence-corrected chi connectivity index (χ3v) is 6.36. The summed E-state index contributed by atoms with van der Waals surface area (Å²) in [4.78, 5) is 12.0. The van der Waals surface area contributed by atoms with Crippen molar-refractivity contribution in [2.45, 2.75) is 5.25 Å². The van der Waals surface area contributed by atoms with E-state index >= 15 is 0 Å². The second-order valence-corrected chi connectivity index (χ2v) is 7.48. The van der Waals surface area contributed by atoms with Gasteiger partial charge in [-0.15, -0.1) is 0 Å². The standard InChI is InChI=1S/C12H14Cl2N2OS2/c13-9-3-7(4-10(15)11(9)14)12(17)16-5-8-6-18-1-2-19-8/h3-4,8H,1-2,5-6,15H2,(H,16,17). The van der Waals surface area contributed by atoms with E-state index in [0.29, 0.717) is 28.1 Å². The third kappa shape index (κ3) is 4.12. The summed E-state index contributed by atoms with van der Waals surface area (Å²) in [5, 5.41) is 3.98. The second kappa shape index (κ2) is 6.97. The first-order valence-electron chi connectivity index (χ1n) is 5.80. The largest absolute Gasteiger partial charge is 0.397 e. The average Bonchev–Trinajstić information content (AvgIpc) is 2.42. The van der Waals surface area contributed by atoms with Crippen molar-refractivity contribution in [1.82, 2.24) is 5.32 Å². The Bertz CT molecular complexity index is 456. The number of nitrogens with two attached hydrogens (primary N) is 1. The summed E-state index contributed by atoms with van der Waals surface area (Å²) in [7, 11) is 0. The zero-order chi connectivity index (χ0) is 13.8. The van der Waals surface area contributed by atoms with E-state index in [-0.39, 0.29) is 10.9 Å². The first-order valence-corrected chi connectivity index (χ1v) is 8.76. The number of halogens is 2. The minimum absolute atomic E-state index is 0.165. The molecule has 1 aromatic carbocycles. The van der Waals surface area contributed by atoms with Crippen molar-refractivity contribution < 1.29 is 4.79 Å². The molecule has 0 spiro atoms. The Morgan fingerprint density at radius 2 is 2.21 bits per heavy atom. The Balaban J connectivity index is 1.96. The number of amides is 1. The number of benzene rings is 1. The van der Waals surface area contributed by atoms with Gasteiger partial charge in [0, 0.05) is 34.6 Å². The van der Waals surface area contributed by atoms with Gasteiger partial charge in [0.1, 0.15) is 0 Å². The molecule has 1 aliphatic rings. The van der Waals surface area contributed by atoms with Crippen molar-refractivity contribution in [3.8, 4) is 0 Å². The molecule has 0 aromatic heterocycles. The highest BCUT2D eigenvalue weighted by molar-refractivity contribution is 8.06. The highest BCUT2D eigenvalue weighted by atomic mass is 35.5. The van der Waals surface area contributed by atoms with E-state index in [1.165, 1.54) is 5.75 Å². The molecule has 0 radical (unpaired) electrons. The van der Waals surface area contributed by atoms with E-state index in [2.05, 4.69) is 5.32 Å².